The second-order valence-corrected chi connectivity index (χ2v) is 11.6. The van der Waals surface area contributed by atoms with E-state index < -0.39 is 28.5 Å². The third-order valence-electron chi connectivity index (χ3n) is 5.48. The molecule has 2 aromatic carbocycles. The summed E-state index contributed by atoms with van der Waals surface area (Å²) in [6.07, 6.45) is 1.39. The molecule has 2 aromatic rings. The predicted molar refractivity (Wildman–Crippen MR) is 142 cm³/mol. The molecule has 0 saturated carbocycles. The molecule has 192 valence electrons. The number of hydrogen-bond acceptors (Lipinski definition) is 4. The van der Waals surface area contributed by atoms with Crippen molar-refractivity contribution in [2.75, 3.05) is 23.7 Å². The lowest BCUT2D eigenvalue weighted by Gasteiger charge is -2.33. The normalized spacial score (nSPS) is 12.3. The average molecular weight is 543 g/mol. The number of hydrogen-bond donors (Lipinski definition) is 1. The van der Waals surface area contributed by atoms with Gasteiger partial charge in [0.25, 0.3) is 0 Å². The summed E-state index contributed by atoms with van der Waals surface area (Å²) in [6.45, 7) is 7.54. The summed E-state index contributed by atoms with van der Waals surface area (Å²) in [5, 5.41) is 3.80. The summed E-state index contributed by atoms with van der Waals surface area (Å²) in [5.74, 6) is -0.579. The third-order valence-corrected chi connectivity index (χ3v) is 7.21. The first-order valence-corrected chi connectivity index (χ1v) is 14.0. The van der Waals surface area contributed by atoms with Crippen LogP contribution < -0.4 is 9.62 Å². The summed E-state index contributed by atoms with van der Waals surface area (Å²) in [4.78, 5) is 28.1. The fraction of sp³-hybridized carbons (Fsp3) is 0.440. The molecule has 35 heavy (non-hydrogen) atoms. The van der Waals surface area contributed by atoms with Crippen LogP contribution in [0, 0.1) is 12.8 Å². The van der Waals surface area contributed by atoms with Gasteiger partial charge in [-0.05, 0) is 54.7 Å². The number of carbonyl (C=O) groups is 2. The van der Waals surface area contributed by atoms with Crippen molar-refractivity contribution in [3.8, 4) is 0 Å². The summed E-state index contributed by atoms with van der Waals surface area (Å²) < 4.78 is 26.5. The number of halogens is 2. The molecule has 0 radical (unpaired) electrons. The standard InChI is InChI=1S/C25H33Cl2N3O4S/c1-6-22(25(32)28-14-17(2)3)29(15-19-9-7-8-10-21(19)27)24(31)16-30(35(5,33)34)23-12-11-20(26)13-18(23)4/h7-13,17,22H,6,14-16H2,1-5H3,(H,28,32)/t22-/m1/s1. The largest absolute Gasteiger partial charge is 0.354 e. The first-order valence-electron chi connectivity index (χ1n) is 11.4. The first-order chi connectivity index (χ1) is 16.3. The molecule has 0 aromatic heterocycles. The van der Waals surface area contributed by atoms with E-state index in [1.165, 1.54) is 4.90 Å². The highest BCUT2D eigenvalue weighted by Crippen LogP contribution is 2.26. The van der Waals surface area contributed by atoms with Gasteiger partial charge in [0.2, 0.25) is 21.8 Å². The Bertz CT molecular complexity index is 1160. The Morgan fingerprint density at radius 3 is 2.29 bits per heavy atom. The van der Waals surface area contributed by atoms with Crippen LogP contribution >= 0.6 is 23.2 Å². The van der Waals surface area contributed by atoms with Crippen molar-refractivity contribution in [1.82, 2.24) is 10.2 Å². The van der Waals surface area contributed by atoms with Crippen molar-refractivity contribution in [1.29, 1.82) is 0 Å². The minimum atomic E-state index is -3.82. The highest BCUT2D eigenvalue weighted by atomic mass is 35.5. The Morgan fingerprint density at radius 2 is 1.74 bits per heavy atom. The minimum Gasteiger partial charge on any atom is -0.354 e. The number of carbonyl (C=O) groups excluding carboxylic acids is 2. The average Bonchev–Trinajstić information content (AvgIpc) is 2.76. The summed E-state index contributed by atoms with van der Waals surface area (Å²) in [5.41, 5.74) is 1.61. The molecule has 0 fully saturated rings. The molecule has 0 aliphatic carbocycles. The number of anilines is 1. The van der Waals surface area contributed by atoms with E-state index in [1.54, 1.807) is 49.4 Å². The van der Waals surface area contributed by atoms with Crippen molar-refractivity contribution in [3.63, 3.8) is 0 Å². The quantitative estimate of drug-likeness (QED) is 0.448. The fourth-order valence-electron chi connectivity index (χ4n) is 3.65. The van der Waals surface area contributed by atoms with Crippen molar-refractivity contribution in [3.05, 3.63) is 63.6 Å². The fourth-order valence-corrected chi connectivity index (χ4v) is 4.97. The molecule has 10 heteroatoms. The van der Waals surface area contributed by atoms with Gasteiger partial charge in [0.1, 0.15) is 12.6 Å². The van der Waals surface area contributed by atoms with Gasteiger partial charge in [-0.1, -0.05) is 62.2 Å². The van der Waals surface area contributed by atoms with Gasteiger partial charge in [-0.2, -0.15) is 0 Å². The van der Waals surface area contributed by atoms with Crippen LogP contribution in [-0.2, 0) is 26.2 Å². The number of nitrogens with one attached hydrogen (secondary N) is 1. The Labute approximate surface area is 218 Å². The van der Waals surface area contributed by atoms with Gasteiger partial charge in [-0.3, -0.25) is 13.9 Å². The van der Waals surface area contributed by atoms with Crippen LogP contribution in [0.1, 0.15) is 38.3 Å². The second kappa shape index (κ2) is 12.6. The van der Waals surface area contributed by atoms with Gasteiger partial charge in [0, 0.05) is 23.1 Å². The number of aryl methyl sites for hydroxylation is 1. The van der Waals surface area contributed by atoms with E-state index in [0.29, 0.717) is 39.8 Å². The molecule has 0 aliphatic rings. The maximum Gasteiger partial charge on any atom is 0.244 e. The van der Waals surface area contributed by atoms with E-state index in [2.05, 4.69) is 5.32 Å². The zero-order valence-corrected chi connectivity index (χ0v) is 23.0. The number of amides is 2. The van der Waals surface area contributed by atoms with Crippen molar-refractivity contribution in [2.45, 2.75) is 46.7 Å². The van der Waals surface area contributed by atoms with Gasteiger partial charge in [0.15, 0.2) is 0 Å². The zero-order valence-electron chi connectivity index (χ0n) is 20.7. The predicted octanol–water partition coefficient (Wildman–Crippen LogP) is 4.65. The molecule has 0 unspecified atom stereocenters. The summed E-state index contributed by atoms with van der Waals surface area (Å²) in [6, 6.07) is 11.0. The summed E-state index contributed by atoms with van der Waals surface area (Å²) in [7, 11) is -3.82. The number of rotatable bonds is 11. The van der Waals surface area contributed by atoms with E-state index in [4.69, 9.17) is 23.2 Å². The van der Waals surface area contributed by atoms with Crippen LogP contribution in [0.15, 0.2) is 42.5 Å². The molecule has 0 heterocycles. The van der Waals surface area contributed by atoms with E-state index in [1.807, 2.05) is 20.8 Å². The molecule has 0 bridgehead atoms. The Hall–Kier alpha value is -2.29. The molecule has 1 atom stereocenters. The van der Waals surface area contributed by atoms with Gasteiger partial charge in [-0.15, -0.1) is 0 Å². The number of benzene rings is 2. The maximum absolute atomic E-state index is 13.7. The van der Waals surface area contributed by atoms with Crippen molar-refractivity contribution in [2.24, 2.45) is 5.92 Å². The van der Waals surface area contributed by atoms with Crippen LogP contribution in [0.2, 0.25) is 10.0 Å². The molecule has 0 spiro atoms. The molecule has 0 saturated heterocycles. The van der Waals surface area contributed by atoms with Crippen molar-refractivity contribution < 1.29 is 18.0 Å². The Kier molecular flexibility index (Phi) is 10.4. The van der Waals surface area contributed by atoms with Crippen molar-refractivity contribution >= 4 is 50.7 Å². The monoisotopic (exact) mass is 541 g/mol. The Morgan fingerprint density at radius 1 is 1.09 bits per heavy atom. The van der Waals surface area contributed by atoms with Gasteiger partial charge < -0.3 is 10.2 Å². The lowest BCUT2D eigenvalue weighted by atomic mass is 10.1. The van der Waals surface area contributed by atoms with E-state index in [9.17, 15) is 18.0 Å². The molecule has 2 amide bonds. The molecule has 0 aliphatic heterocycles. The van der Waals surface area contributed by atoms with Gasteiger partial charge in [-0.25, -0.2) is 8.42 Å². The summed E-state index contributed by atoms with van der Waals surface area (Å²) >= 11 is 12.4. The van der Waals surface area contributed by atoms with Crippen LogP contribution in [0.4, 0.5) is 5.69 Å². The first kappa shape index (κ1) is 28.9. The van der Waals surface area contributed by atoms with Crippen LogP contribution in [0.25, 0.3) is 0 Å². The molecule has 2 rings (SSSR count). The third kappa shape index (κ3) is 8.12. The van der Waals surface area contributed by atoms with E-state index >= 15 is 0 Å². The lowest BCUT2D eigenvalue weighted by molar-refractivity contribution is -0.140. The molecular formula is C25H33Cl2N3O4S. The van der Waals surface area contributed by atoms with Gasteiger partial charge >= 0.3 is 0 Å². The van der Waals surface area contributed by atoms with Crippen LogP contribution in [0.3, 0.4) is 0 Å². The van der Waals surface area contributed by atoms with E-state index in [0.717, 1.165) is 10.6 Å². The molecular weight excluding hydrogens is 509 g/mol. The lowest BCUT2D eigenvalue weighted by Crippen LogP contribution is -2.52. The molecule has 7 nitrogen and oxygen atoms in total. The maximum atomic E-state index is 13.7. The number of sulfonamides is 1. The van der Waals surface area contributed by atoms with E-state index in [-0.39, 0.29) is 18.4 Å². The Balaban J connectivity index is 2.47. The zero-order chi connectivity index (χ0) is 26.3. The SMILES string of the molecule is CC[C@H](C(=O)NCC(C)C)N(Cc1ccccc1Cl)C(=O)CN(c1ccc(Cl)cc1C)S(C)(=O)=O. The number of nitrogens with zero attached hydrogens (tertiary/aromatic N) is 2. The highest BCUT2D eigenvalue weighted by molar-refractivity contribution is 7.92. The smallest absolute Gasteiger partial charge is 0.244 e. The molecule has 1 N–H and O–H groups in total. The van der Waals surface area contributed by atoms with Gasteiger partial charge in [0.05, 0.1) is 11.9 Å². The van der Waals surface area contributed by atoms with Crippen LogP contribution in [0.5, 0.6) is 0 Å². The van der Waals surface area contributed by atoms with Crippen LogP contribution in [-0.4, -0.2) is 50.5 Å². The minimum absolute atomic E-state index is 0.0588. The topological polar surface area (TPSA) is 86.8 Å². The highest BCUT2D eigenvalue weighted by Gasteiger charge is 2.32. The second-order valence-electron chi connectivity index (χ2n) is 8.88.